The van der Waals surface area contributed by atoms with Gasteiger partial charge in [-0.3, -0.25) is 4.99 Å². The van der Waals surface area contributed by atoms with Crippen LogP contribution in [0.4, 0.5) is 4.39 Å². The van der Waals surface area contributed by atoms with Crippen LogP contribution in [0.5, 0.6) is 5.75 Å². The van der Waals surface area contributed by atoms with Gasteiger partial charge < -0.3 is 15.1 Å². The van der Waals surface area contributed by atoms with Gasteiger partial charge in [0.15, 0.2) is 0 Å². The molecule has 0 radical (unpaired) electrons. The number of para-hydroxylation sites is 1. The van der Waals surface area contributed by atoms with Crippen molar-refractivity contribution in [1.82, 2.24) is 10.4 Å². The number of H-pyrrole nitrogens is 1. The maximum absolute atomic E-state index is 13.8. The molecular weight excluding hydrogens is 355 g/mol. The first kappa shape index (κ1) is 17.2. The van der Waals surface area contributed by atoms with Crippen LogP contribution in [0.1, 0.15) is 36.9 Å². The molecule has 0 bridgehead atoms. The molecule has 3 heterocycles. The molecule has 5 nitrogen and oxygen atoms in total. The Balaban J connectivity index is 1.35. The highest BCUT2D eigenvalue weighted by molar-refractivity contribution is 6.02. The summed E-state index contributed by atoms with van der Waals surface area (Å²) in [4.78, 5) is 7.95. The molecule has 0 unspecified atom stereocenters. The number of benzene rings is 1. The minimum absolute atomic E-state index is 0.244. The van der Waals surface area contributed by atoms with E-state index >= 15 is 0 Å². The maximum atomic E-state index is 13.8. The van der Waals surface area contributed by atoms with E-state index in [0.717, 1.165) is 59.1 Å². The lowest BCUT2D eigenvalue weighted by molar-refractivity contribution is 0.144. The fraction of sp³-hybridized carbons (Fsp3) is 0.364. The van der Waals surface area contributed by atoms with E-state index in [1.807, 2.05) is 30.3 Å². The molecule has 2 aliphatic heterocycles. The van der Waals surface area contributed by atoms with Crippen LogP contribution in [-0.4, -0.2) is 23.3 Å². The number of rotatable bonds is 3. The molecule has 0 amide bonds. The molecule has 1 saturated carbocycles. The summed E-state index contributed by atoms with van der Waals surface area (Å²) in [5.74, 6) is 1.06. The molecule has 0 saturated heterocycles. The van der Waals surface area contributed by atoms with Gasteiger partial charge in [-0.05, 0) is 50.0 Å². The SMILES string of the molecule is FC1=CCN=c2c3c([nH]c2=C1)C(C1CCC(Oc2ccccc2)CC1)=NNC3. The minimum Gasteiger partial charge on any atom is -0.490 e. The second-order valence-electron chi connectivity index (χ2n) is 7.55. The first-order valence-electron chi connectivity index (χ1n) is 9.93. The predicted molar refractivity (Wildman–Crippen MR) is 106 cm³/mol. The van der Waals surface area contributed by atoms with E-state index in [0.29, 0.717) is 19.0 Å². The summed E-state index contributed by atoms with van der Waals surface area (Å²) < 4.78 is 19.9. The maximum Gasteiger partial charge on any atom is 0.123 e. The van der Waals surface area contributed by atoms with Crippen molar-refractivity contribution in [2.45, 2.75) is 38.3 Å². The Labute approximate surface area is 162 Å². The molecular formula is C22H23FN4O. The van der Waals surface area contributed by atoms with Gasteiger partial charge >= 0.3 is 0 Å². The minimum atomic E-state index is -0.244. The summed E-state index contributed by atoms with van der Waals surface area (Å²) in [6.07, 6.45) is 7.33. The fourth-order valence-corrected chi connectivity index (χ4v) is 4.35. The molecule has 28 heavy (non-hydrogen) atoms. The molecule has 3 aliphatic rings. The highest BCUT2D eigenvalue weighted by atomic mass is 19.1. The summed E-state index contributed by atoms with van der Waals surface area (Å²) in [5.41, 5.74) is 6.32. The Hall–Kier alpha value is -2.89. The Morgan fingerprint density at radius 3 is 2.71 bits per heavy atom. The van der Waals surface area contributed by atoms with Crippen molar-refractivity contribution in [1.29, 1.82) is 0 Å². The van der Waals surface area contributed by atoms with Crippen molar-refractivity contribution >= 4 is 11.8 Å². The quantitative estimate of drug-likeness (QED) is 0.863. The van der Waals surface area contributed by atoms with Crippen LogP contribution in [-0.2, 0) is 6.54 Å². The summed E-state index contributed by atoms with van der Waals surface area (Å²) in [6.45, 7) is 0.990. The van der Waals surface area contributed by atoms with Gasteiger partial charge in [-0.25, -0.2) is 4.39 Å². The zero-order valence-corrected chi connectivity index (χ0v) is 15.6. The monoisotopic (exact) mass is 378 g/mol. The number of ether oxygens (including phenoxy) is 1. The molecule has 1 fully saturated rings. The van der Waals surface area contributed by atoms with Crippen LogP contribution in [0.25, 0.3) is 6.08 Å². The molecule has 0 spiro atoms. The van der Waals surface area contributed by atoms with Gasteiger partial charge in [0, 0.05) is 11.5 Å². The van der Waals surface area contributed by atoms with Crippen molar-refractivity contribution in [2.24, 2.45) is 16.0 Å². The lowest BCUT2D eigenvalue weighted by atomic mass is 9.82. The molecule has 2 N–H and O–H groups in total. The topological polar surface area (TPSA) is 61.8 Å². The number of aromatic amines is 1. The number of hydrogen-bond donors (Lipinski definition) is 2. The van der Waals surface area contributed by atoms with E-state index in [-0.39, 0.29) is 11.9 Å². The number of halogens is 1. The average molecular weight is 378 g/mol. The molecule has 144 valence electrons. The standard InChI is InChI=1S/C22H23FN4O/c23-15-10-11-24-21-18-13-25-27-20(22(18)26-19(21)12-15)14-6-8-17(9-7-14)28-16-4-2-1-3-5-16/h1-5,10,12,14,17,25-26H,6-9,11,13H2. The molecule has 2 aromatic rings. The highest BCUT2D eigenvalue weighted by Gasteiger charge is 2.30. The fourth-order valence-electron chi connectivity index (χ4n) is 4.35. The lowest BCUT2D eigenvalue weighted by Crippen LogP contribution is -2.33. The number of nitrogens with one attached hydrogen (secondary N) is 2. The van der Waals surface area contributed by atoms with Gasteiger partial charge in [0.1, 0.15) is 11.6 Å². The Morgan fingerprint density at radius 1 is 1.07 bits per heavy atom. The van der Waals surface area contributed by atoms with Gasteiger partial charge in [-0.2, -0.15) is 5.10 Å². The number of nitrogens with zero attached hydrogens (tertiary/aromatic N) is 2. The van der Waals surface area contributed by atoms with Gasteiger partial charge in [0.05, 0.1) is 41.3 Å². The smallest absolute Gasteiger partial charge is 0.123 e. The summed E-state index contributed by atoms with van der Waals surface area (Å²) in [6, 6.07) is 10.0. The predicted octanol–water partition coefficient (Wildman–Crippen LogP) is 2.73. The van der Waals surface area contributed by atoms with Crippen LogP contribution in [0.3, 0.4) is 0 Å². The van der Waals surface area contributed by atoms with Gasteiger partial charge in [0.25, 0.3) is 0 Å². The lowest BCUT2D eigenvalue weighted by Gasteiger charge is -2.30. The van der Waals surface area contributed by atoms with Gasteiger partial charge in [-0.15, -0.1) is 0 Å². The van der Waals surface area contributed by atoms with Crippen LogP contribution >= 0.6 is 0 Å². The van der Waals surface area contributed by atoms with E-state index in [1.165, 1.54) is 12.2 Å². The molecule has 0 atom stereocenters. The summed E-state index contributed by atoms with van der Waals surface area (Å²) >= 11 is 0. The van der Waals surface area contributed by atoms with Crippen molar-refractivity contribution in [3.8, 4) is 5.75 Å². The Kier molecular flexibility index (Phi) is 4.47. The largest absolute Gasteiger partial charge is 0.490 e. The number of allylic oxidation sites excluding steroid dienone is 1. The Morgan fingerprint density at radius 2 is 1.89 bits per heavy atom. The molecule has 5 rings (SSSR count). The van der Waals surface area contributed by atoms with Crippen LogP contribution in [0.2, 0.25) is 0 Å². The normalized spacial score (nSPS) is 23.6. The molecule has 1 aromatic heterocycles. The summed E-state index contributed by atoms with van der Waals surface area (Å²) in [7, 11) is 0. The molecule has 1 aliphatic carbocycles. The number of aromatic nitrogens is 1. The first-order chi connectivity index (χ1) is 13.8. The number of hydrazone groups is 1. The van der Waals surface area contributed by atoms with Crippen molar-refractivity contribution in [2.75, 3.05) is 6.54 Å². The van der Waals surface area contributed by atoms with E-state index in [2.05, 4.69) is 20.5 Å². The van der Waals surface area contributed by atoms with E-state index < -0.39 is 0 Å². The van der Waals surface area contributed by atoms with Gasteiger partial charge in [-0.1, -0.05) is 18.2 Å². The zero-order valence-electron chi connectivity index (χ0n) is 15.6. The van der Waals surface area contributed by atoms with E-state index in [1.54, 1.807) is 0 Å². The summed E-state index contributed by atoms with van der Waals surface area (Å²) in [5, 5.41) is 6.23. The Bertz CT molecular complexity index is 1050. The third-order valence-electron chi connectivity index (χ3n) is 5.74. The third-order valence-corrected chi connectivity index (χ3v) is 5.74. The highest BCUT2D eigenvalue weighted by Crippen LogP contribution is 2.31. The van der Waals surface area contributed by atoms with Crippen LogP contribution in [0.15, 0.2) is 52.3 Å². The van der Waals surface area contributed by atoms with Crippen molar-refractivity contribution in [3.05, 3.63) is 64.2 Å². The third kappa shape index (κ3) is 3.23. The van der Waals surface area contributed by atoms with Gasteiger partial charge in [0.2, 0.25) is 0 Å². The molecule has 6 heteroatoms. The number of fused-ring (bicyclic) bond motifs is 3. The van der Waals surface area contributed by atoms with E-state index in [4.69, 9.17) is 4.74 Å². The van der Waals surface area contributed by atoms with Crippen LogP contribution < -0.4 is 20.9 Å². The zero-order chi connectivity index (χ0) is 18.9. The van der Waals surface area contributed by atoms with Crippen molar-refractivity contribution in [3.63, 3.8) is 0 Å². The number of hydrogen-bond acceptors (Lipinski definition) is 4. The van der Waals surface area contributed by atoms with Crippen LogP contribution in [0, 0.1) is 5.92 Å². The first-order valence-corrected chi connectivity index (χ1v) is 9.93. The molecule has 1 aromatic carbocycles. The second kappa shape index (κ2) is 7.26. The van der Waals surface area contributed by atoms with E-state index in [9.17, 15) is 4.39 Å². The second-order valence-corrected chi connectivity index (χ2v) is 7.55. The van der Waals surface area contributed by atoms with Crippen molar-refractivity contribution < 1.29 is 9.13 Å². The average Bonchev–Trinajstić information content (AvgIpc) is 2.95.